The van der Waals surface area contributed by atoms with Gasteiger partial charge in [0.15, 0.2) is 0 Å². The van der Waals surface area contributed by atoms with Gasteiger partial charge in [0.25, 0.3) is 0 Å². The Morgan fingerprint density at radius 1 is 1.00 bits per heavy atom. The molecule has 1 aromatic heterocycles. The minimum atomic E-state index is -0.514. The fourth-order valence-corrected chi connectivity index (χ4v) is 3.66. The number of hydrogen-bond acceptors (Lipinski definition) is 3. The summed E-state index contributed by atoms with van der Waals surface area (Å²) in [6.07, 6.45) is 5.29. The van der Waals surface area contributed by atoms with Crippen LogP contribution in [-0.4, -0.2) is 23.1 Å². The standard InChI is InChI=1S/C18H19N5O2/c24-17(20-12-7-9-19-10-8-12)22-23-18(25)21-16-14-6-5-11-3-1-2-4-13(11)15(14)16/h1-4,7-10,14-16H,5-6H2,(H2,21,23,25)(H2,19,20,22,24). The summed E-state index contributed by atoms with van der Waals surface area (Å²) in [5, 5.41) is 5.55. The van der Waals surface area contributed by atoms with Crippen molar-refractivity contribution in [3.63, 3.8) is 0 Å². The van der Waals surface area contributed by atoms with E-state index in [4.69, 9.17) is 0 Å². The van der Waals surface area contributed by atoms with Crippen LogP contribution in [0.15, 0.2) is 48.8 Å². The number of amides is 4. The first-order chi connectivity index (χ1) is 12.2. The number of hydrazine groups is 1. The van der Waals surface area contributed by atoms with E-state index in [1.54, 1.807) is 24.5 Å². The highest BCUT2D eigenvalue weighted by Crippen LogP contribution is 2.54. The molecule has 4 N–H and O–H groups in total. The Morgan fingerprint density at radius 2 is 1.76 bits per heavy atom. The SMILES string of the molecule is O=C(NNC(=O)NC1C2CCc3ccccc3C21)Nc1ccncc1. The third kappa shape index (κ3) is 3.26. The number of aryl methyl sites for hydroxylation is 1. The molecule has 25 heavy (non-hydrogen) atoms. The molecule has 0 radical (unpaired) electrons. The highest BCUT2D eigenvalue weighted by Gasteiger charge is 2.53. The van der Waals surface area contributed by atoms with Crippen LogP contribution in [0.4, 0.5) is 15.3 Å². The lowest BCUT2D eigenvalue weighted by molar-refractivity contribution is 0.229. The van der Waals surface area contributed by atoms with Crippen molar-refractivity contribution in [1.82, 2.24) is 21.2 Å². The predicted octanol–water partition coefficient (Wildman–Crippen LogP) is 2.15. The molecule has 0 bridgehead atoms. The van der Waals surface area contributed by atoms with Gasteiger partial charge in [0.1, 0.15) is 0 Å². The highest BCUT2D eigenvalue weighted by atomic mass is 16.2. The predicted molar refractivity (Wildman–Crippen MR) is 92.8 cm³/mol. The van der Waals surface area contributed by atoms with Crippen LogP contribution in [0.1, 0.15) is 23.5 Å². The van der Waals surface area contributed by atoms with Gasteiger partial charge in [-0.2, -0.15) is 0 Å². The van der Waals surface area contributed by atoms with Crippen LogP contribution in [0.3, 0.4) is 0 Å². The first kappa shape index (κ1) is 15.4. The van der Waals surface area contributed by atoms with E-state index in [9.17, 15) is 9.59 Å². The molecule has 0 aliphatic heterocycles. The average Bonchev–Trinajstić information content (AvgIpc) is 3.34. The molecule has 2 aromatic rings. The second kappa shape index (κ2) is 6.43. The van der Waals surface area contributed by atoms with Crippen molar-refractivity contribution in [2.45, 2.75) is 24.8 Å². The van der Waals surface area contributed by atoms with E-state index in [1.807, 2.05) is 6.07 Å². The number of fused-ring (bicyclic) bond motifs is 3. The highest BCUT2D eigenvalue weighted by molar-refractivity contribution is 5.90. The number of aromatic nitrogens is 1. The molecular weight excluding hydrogens is 318 g/mol. The van der Waals surface area contributed by atoms with E-state index in [0.29, 0.717) is 17.5 Å². The molecule has 0 spiro atoms. The van der Waals surface area contributed by atoms with Gasteiger partial charge < -0.3 is 10.6 Å². The maximum atomic E-state index is 12.0. The topological polar surface area (TPSA) is 95.2 Å². The van der Waals surface area contributed by atoms with Gasteiger partial charge in [-0.3, -0.25) is 4.98 Å². The normalized spacial score (nSPS) is 22.8. The van der Waals surface area contributed by atoms with Crippen LogP contribution in [0.2, 0.25) is 0 Å². The maximum absolute atomic E-state index is 12.0. The zero-order valence-electron chi connectivity index (χ0n) is 13.5. The number of benzene rings is 1. The van der Waals surface area contributed by atoms with Crippen molar-refractivity contribution >= 4 is 17.7 Å². The van der Waals surface area contributed by atoms with Crippen molar-refractivity contribution in [2.24, 2.45) is 5.92 Å². The summed E-state index contributed by atoms with van der Waals surface area (Å²) in [7, 11) is 0. The Kier molecular flexibility index (Phi) is 3.97. The fourth-order valence-electron chi connectivity index (χ4n) is 3.66. The van der Waals surface area contributed by atoms with E-state index >= 15 is 0 Å². The van der Waals surface area contributed by atoms with E-state index in [2.05, 4.69) is 44.7 Å². The molecule has 4 rings (SSSR count). The number of anilines is 1. The molecule has 4 amide bonds. The Balaban J connectivity index is 1.26. The summed E-state index contributed by atoms with van der Waals surface area (Å²) in [6.45, 7) is 0. The van der Waals surface area contributed by atoms with E-state index in [1.165, 1.54) is 11.1 Å². The molecule has 7 nitrogen and oxygen atoms in total. The van der Waals surface area contributed by atoms with Gasteiger partial charge in [0.05, 0.1) is 0 Å². The molecule has 7 heteroatoms. The van der Waals surface area contributed by atoms with Gasteiger partial charge in [-0.1, -0.05) is 24.3 Å². The molecule has 0 saturated heterocycles. The second-order valence-electron chi connectivity index (χ2n) is 6.37. The summed E-state index contributed by atoms with van der Waals surface area (Å²) in [5.41, 5.74) is 8.03. The van der Waals surface area contributed by atoms with Gasteiger partial charge >= 0.3 is 12.1 Å². The maximum Gasteiger partial charge on any atom is 0.337 e. The quantitative estimate of drug-likeness (QED) is 0.632. The molecule has 1 saturated carbocycles. The largest absolute Gasteiger partial charge is 0.337 e. The monoisotopic (exact) mass is 337 g/mol. The number of nitrogens with zero attached hydrogens (tertiary/aromatic N) is 1. The molecule has 1 heterocycles. The summed E-state index contributed by atoms with van der Waals surface area (Å²) in [5.74, 6) is 0.882. The molecule has 2 aliphatic rings. The Morgan fingerprint density at radius 3 is 2.60 bits per heavy atom. The number of rotatable bonds is 2. The minimum absolute atomic E-state index is 0.133. The van der Waals surface area contributed by atoms with Crippen LogP contribution in [-0.2, 0) is 6.42 Å². The molecular formula is C18H19N5O2. The van der Waals surface area contributed by atoms with Crippen molar-refractivity contribution in [2.75, 3.05) is 5.32 Å². The van der Waals surface area contributed by atoms with Gasteiger partial charge in [-0.05, 0) is 42.0 Å². The number of pyridine rings is 1. The van der Waals surface area contributed by atoms with Crippen LogP contribution in [0, 0.1) is 5.92 Å². The van der Waals surface area contributed by atoms with Crippen LogP contribution in [0.25, 0.3) is 0 Å². The first-order valence-corrected chi connectivity index (χ1v) is 8.34. The van der Waals surface area contributed by atoms with Crippen molar-refractivity contribution in [1.29, 1.82) is 0 Å². The second-order valence-corrected chi connectivity index (χ2v) is 6.37. The van der Waals surface area contributed by atoms with Gasteiger partial charge in [-0.25, -0.2) is 20.4 Å². The van der Waals surface area contributed by atoms with E-state index in [0.717, 1.165) is 12.8 Å². The number of carbonyl (C=O) groups excluding carboxylic acids is 2. The lowest BCUT2D eigenvalue weighted by Gasteiger charge is -2.13. The summed E-state index contributed by atoms with van der Waals surface area (Å²) < 4.78 is 0. The number of urea groups is 2. The zero-order valence-corrected chi connectivity index (χ0v) is 13.5. The van der Waals surface area contributed by atoms with Gasteiger partial charge in [0.2, 0.25) is 0 Å². The van der Waals surface area contributed by atoms with Crippen LogP contribution >= 0.6 is 0 Å². The minimum Gasteiger partial charge on any atom is -0.333 e. The molecule has 1 aromatic carbocycles. The number of hydrogen-bond donors (Lipinski definition) is 4. The molecule has 3 unspecified atom stereocenters. The summed E-state index contributed by atoms with van der Waals surface area (Å²) >= 11 is 0. The number of nitrogens with one attached hydrogen (secondary N) is 4. The zero-order chi connectivity index (χ0) is 17.2. The molecule has 2 aliphatic carbocycles. The van der Waals surface area contributed by atoms with Gasteiger partial charge in [-0.15, -0.1) is 0 Å². The van der Waals surface area contributed by atoms with Crippen LogP contribution in [0.5, 0.6) is 0 Å². The van der Waals surface area contributed by atoms with E-state index in [-0.39, 0.29) is 6.04 Å². The van der Waals surface area contributed by atoms with Crippen molar-refractivity contribution in [3.05, 3.63) is 59.9 Å². The third-order valence-corrected chi connectivity index (χ3v) is 4.86. The molecule has 128 valence electrons. The third-order valence-electron chi connectivity index (χ3n) is 4.86. The molecule has 3 atom stereocenters. The fraction of sp³-hybridized carbons (Fsp3) is 0.278. The lowest BCUT2D eigenvalue weighted by Crippen LogP contribution is -2.49. The summed E-state index contributed by atoms with van der Waals surface area (Å²) in [6, 6.07) is 10.9. The Hall–Kier alpha value is -3.09. The molecule has 1 fully saturated rings. The smallest absolute Gasteiger partial charge is 0.333 e. The Bertz CT molecular complexity index is 795. The first-order valence-electron chi connectivity index (χ1n) is 8.34. The summed E-state index contributed by atoms with van der Waals surface area (Å²) in [4.78, 5) is 27.6. The average molecular weight is 337 g/mol. The Labute approximate surface area is 145 Å². The van der Waals surface area contributed by atoms with Gasteiger partial charge in [0, 0.05) is 30.0 Å². The number of carbonyl (C=O) groups is 2. The van der Waals surface area contributed by atoms with Crippen molar-refractivity contribution in [3.8, 4) is 0 Å². The van der Waals surface area contributed by atoms with Crippen molar-refractivity contribution < 1.29 is 9.59 Å². The van der Waals surface area contributed by atoms with E-state index < -0.39 is 12.1 Å². The lowest BCUT2D eigenvalue weighted by atomic mass is 9.92. The van der Waals surface area contributed by atoms with Crippen LogP contribution < -0.4 is 21.5 Å².